The number of rotatable bonds is 5. The van der Waals surface area contributed by atoms with E-state index in [-0.39, 0.29) is 12.5 Å². The van der Waals surface area contributed by atoms with E-state index in [2.05, 4.69) is 15.9 Å². The molecule has 1 aromatic carbocycles. The third-order valence-corrected chi connectivity index (χ3v) is 7.55. The minimum Gasteiger partial charge on any atom is -0.481 e. The molecule has 7 heteroatoms. The summed E-state index contributed by atoms with van der Waals surface area (Å²) in [4.78, 5) is 26.8. The molecule has 1 N–H and O–H groups in total. The van der Waals surface area contributed by atoms with Crippen molar-refractivity contribution in [2.24, 2.45) is 10.8 Å². The zero-order chi connectivity index (χ0) is 19.1. The smallest absolute Gasteiger partial charge is 0.312 e. The molecule has 5 aliphatic rings. The van der Waals surface area contributed by atoms with Crippen molar-refractivity contribution in [3.8, 4) is 0 Å². The lowest BCUT2D eigenvalue weighted by Crippen LogP contribution is -2.71. The quantitative estimate of drug-likeness (QED) is 0.762. The van der Waals surface area contributed by atoms with Gasteiger partial charge in [0.25, 0.3) is 0 Å². The molecule has 1 saturated heterocycles. The summed E-state index contributed by atoms with van der Waals surface area (Å²) < 4.78 is 20.9. The van der Waals surface area contributed by atoms with Crippen LogP contribution in [0.3, 0.4) is 0 Å². The number of benzene rings is 1. The molecule has 2 unspecified atom stereocenters. The van der Waals surface area contributed by atoms with Crippen molar-refractivity contribution in [2.45, 2.75) is 49.8 Å². The largest absolute Gasteiger partial charge is 0.481 e. The van der Waals surface area contributed by atoms with Gasteiger partial charge >= 0.3 is 5.97 Å². The van der Waals surface area contributed by atoms with Crippen LogP contribution in [0.1, 0.15) is 38.5 Å². The van der Waals surface area contributed by atoms with E-state index in [0.717, 1.165) is 10.2 Å². The van der Waals surface area contributed by atoms with Crippen LogP contribution in [0.25, 0.3) is 0 Å². The van der Waals surface area contributed by atoms with Gasteiger partial charge in [0.2, 0.25) is 5.91 Å². The lowest BCUT2D eigenvalue weighted by atomic mass is 9.42. The number of alkyl halides is 1. The molecule has 4 bridgehead atoms. The van der Waals surface area contributed by atoms with Crippen LogP contribution in [0.5, 0.6) is 0 Å². The molecule has 6 rings (SSSR count). The second-order valence-corrected chi connectivity index (χ2v) is 9.98. The van der Waals surface area contributed by atoms with Crippen LogP contribution in [0, 0.1) is 10.8 Å². The third kappa shape index (κ3) is 2.43. The van der Waals surface area contributed by atoms with Gasteiger partial charge in [-0.1, -0.05) is 22.0 Å². The number of carboxylic acid groups (broad SMARTS) is 1. The summed E-state index contributed by atoms with van der Waals surface area (Å²) in [6.07, 6.45) is 2.52. The summed E-state index contributed by atoms with van der Waals surface area (Å²) in [6, 6.07) is 7.49. The summed E-state index contributed by atoms with van der Waals surface area (Å²) in [5.41, 5.74) is -2.45. The van der Waals surface area contributed by atoms with Gasteiger partial charge < -0.3 is 14.7 Å². The minimum absolute atomic E-state index is 0.0576. The number of halogens is 2. The number of carboxylic acids is 1. The number of hydrogen-bond donors (Lipinski definition) is 1. The molecule has 4 aliphatic carbocycles. The van der Waals surface area contributed by atoms with Crippen molar-refractivity contribution in [3.63, 3.8) is 0 Å². The van der Waals surface area contributed by atoms with Crippen molar-refractivity contribution < 1.29 is 23.8 Å². The molecule has 5 nitrogen and oxygen atoms in total. The fraction of sp³-hybridized carbons (Fsp3) is 0.600. The van der Waals surface area contributed by atoms with E-state index in [9.17, 15) is 19.1 Å². The number of fused-ring (bicyclic) bond motifs is 2. The predicted octanol–water partition coefficient (Wildman–Crippen LogP) is 3.70. The maximum Gasteiger partial charge on any atom is 0.312 e. The number of carbonyl (C=O) groups is 2. The second kappa shape index (κ2) is 5.32. The molecule has 4 saturated carbocycles. The lowest BCUT2D eigenvalue weighted by molar-refractivity contribution is -0.211. The first-order chi connectivity index (χ1) is 12.7. The van der Waals surface area contributed by atoms with Crippen LogP contribution in [-0.2, 0) is 14.3 Å². The maximum atomic E-state index is 14.0. The second-order valence-electron chi connectivity index (χ2n) is 9.07. The van der Waals surface area contributed by atoms with Crippen LogP contribution in [0.2, 0.25) is 0 Å². The number of aliphatic carboxylic acids is 1. The predicted molar refractivity (Wildman–Crippen MR) is 99.2 cm³/mol. The Bertz CT molecular complexity index is 828. The van der Waals surface area contributed by atoms with E-state index < -0.39 is 28.1 Å². The number of nitrogens with zero attached hydrogens (tertiary/aromatic N) is 1. The number of carbonyl (C=O) groups excluding carboxylic acids is 1. The lowest BCUT2D eigenvalue weighted by Gasteiger charge is -2.65. The molecule has 5 fully saturated rings. The SMILES string of the molecule is O=C(O)C12CCC(CN(C(=O)C34CC(F)(C3)C4)c3cccc(Br)c3)(C1)OC2. The first-order valence-corrected chi connectivity index (χ1v) is 10.1. The van der Waals surface area contributed by atoms with Gasteiger partial charge in [-0.25, -0.2) is 4.39 Å². The molecule has 144 valence electrons. The Morgan fingerprint density at radius 1 is 1.19 bits per heavy atom. The highest BCUT2D eigenvalue weighted by atomic mass is 79.9. The summed E-state index contributed by atoms with van der Waals surface area (Å²) in [5.74, 6) is -0.876. The Balaban J connectivity index is 1.45. The Morgan fingerprint density at radius 2 is 1.93 bits per heavy atom. The average Bonchev–Trinajstić information content (AvgIpc) is 3.13. The van der Waals surface area contributed by atoms with Gasteiger partial charge in [0, 0.05) is 10.2 Å². The molecule has 1 heterocycles. The van der Waals surface area contributed by atoms with E-state index in [0.29, 0.717) is 45.1 Å². The van der Waals surface area contributed by atoms with Crippen LogP contribution >= 0.6 is 15.9 Å². The van der Waals surface area contributed by atoms with Crippen LogP contribution < -0.4 is 4.90 Å². The number of ether oxygens (including phenoxy) is 1. The summed E-state index contributed by atoms with van der Waals surface area (Å²) in [5, 5.41) is 9.60. The van der Waals surface area contributed by atoms with E-state index in [1.165, 1.54) is 0 Å². The van der Waals surface area contributed by atoms with Gasteiger partial charge in [-0.05, 0) is 56.7 Å². The van der Waals surface area contributed by atoms with Gasteiger partial charge in [-0.2, -0.15) is 0 Å². The topological polar surface area (TPSA) is 66.8 Å². The molecular formula is C20H21BrFNO4. The van der Waals surface area contributed by atoms with Crippen molar-refractivity contribution in [2.75, 3.05) is 18.1 Å². The van der Waals surface area contributed by atoms with Gasteiger partial charge in [0.1, 0.15) is 5.67 Å². The van der Waals surface area contributed by atoms with Crippen molar-refractivity contribution in [1.29, 1.82) is 0 Å². The molecular weight excluding hydrogens is 417 g/mol. The zero-order valence-corrected chi connectivity index (χ0v) is 16.4. The summed E-state index contributed by atoms with van der Waals surface area (Å²) in [7, 11) is 0. The van der Waals surface area contributed by atoms with Crippen molar-refractivity contribution in [3.05, 3.63) is 28.7 Å². The molecule has 1 amide bonds. The number of anilines is 1. The van der Waals surface area contributed by atoms with E-state index in [1.54, 1.807) is 4.90 Å². The highest BCUT2D eigenvalue weighted by Gasteiger charge is 2.74. The van der Waals surface area contributed by atoms with Crippen molar-refractivity contribution in [1.82, 2.24) is 0 Å². The van der Waals surface area contributed by atoms with E-state index in [1.807, 2.05) is 24.3 Å². The fourth-order valence-electron chi connectivity index (χ4n) is 5.61. The van der Waals surface area contributed by atoms with Gasteiger partial charge in [0.15, 0.2) is 0 Å². The molecule has 0 aromatic heterocycles. The van der Waals surface area contributed by atoms with Crippen molar-refractivity contribution >= 4 is 33.5 Å². The highest BCUT2D eigenvalue weighted by Crippen LogP contribution is 2.70. The molecule has 27 heavy (non-hydrogen) atoms. The van der Waals surface area contributed by atoms with Gasteiger partial charge in [0.05, 0.1) is 29.6 Å². The number of hydrogen-bond acceptors (Lipinski definition) is 3. The van der Waals surface area contributed by atoms with Crippen LogP contribution in [0.15, 0.2) is 28.7 Å². The average molecular weight is 438 g/mol. The van der Waals surface area contributed by atoms with Crippen LogP contribution in [-0.4, -0.2) is 41.4 Å². The molecule has 2 atom stereocenters. The highest BCUT2D eigenvalue weighted by molar-refractivity contribution is 9.10. The fourth-order valence-corrected chi connectivity index (χ4v) is 6.00. The maximum absolute atomic E-state index is 14.0. The molecule has 0 radical (unpaired) electrons. The van der Waals surface area contributed by atoms with Crippen LogP contribution in [0.4, 0.5) is 10.1 Å². The van der Waals surface area contributed by atoms with Gasteiger partial charge in [-0.3, -0.25) is 9.59 Å². The Morgan fingerprint density at radius 3 is 2.44 bits per heavy atom. The minimum atomic E-state index is -1.15. The zero-order valence-electron chi connectivity index (χ0n) is 14.8. The molecule has 1 aromatic rings. The molecule has 0 spiro atoms. The molecule has 1 aliphatic heterocycles. The number of amides is 1. The normalized spacial score (nSPS) is 41.0. The van der Waals surface area contributed by atoms with E-state index in [4.69, 9.17) is 4.74 Å². The van der Waals surface area contributed by atoms with E-state index >= 15 is 0 Å². The summed E-state index contributed by atoms with van der Waals surface area (Å²) >= 11 is 3.45. The first-order valence-electron chi connectivity index (χ1n) is 9.33. The first kappa shape index (κ1) is 17.6. The Hall–Kier alpha value is -1.47. The Labute approximate surface area is 165 Å². The summed E-state index contributed by atoms with van der Waals surface area (Å²) in [6.45, 7) is 0.514. The third-order valence-electron chi connectivity index (χ3n) is 7.06. The van der Waals surface area contributed by atoms with Gasteiger partial charge in [-0.15, -0.1) is 0 Å². The standard InChI is InChI=1S/C20H21BrFNO4/c21-13-2-1-3-14(6-13)23(15(24)18-7-19(22,8-18)9-18)11-20-5-4-17(10-20,12-27-20)16(25)26/h1-3,6H,4-5,7-12H2,(H,25,26). The Kier molecular flexibility index (Phi) is 3.47. The monoisotopic (exact) mass is 437 g/mol.